The van der Waals surface area contributed by atoms with Crippen LogP contribution in [0.2, 0.25) is 0 Å². The Bertz CT molecular complexity index is 362. The molecule has 6 nitrogen and oxygen atoms in total. The van der Waals surface area contributed by atoms with Crippen molar-refractivity contribution in [1.82, 2.24) is 10.3 Å². The molecule has 2 heterocycles. The van der Waals surface area contributed by atoms with E-state index in [2.05, 4.69) is 10.5 Å². The lowest BCUT2D eigenvalue weighted by Crippen LogP contribution is -2.42. The molecule has 2 aliphatic heterocycles. The van der Waals surface area contributed by atoms with Crippen LogP contribution in [0.25, 0.3) is 0 Å². The zero-order valence-corrected chi connectivity index (χ0v) is 10.6. The number of hydrogen-bond acceptors (Lipinski definition) is 4. The van der Waals surface area contributed by atoms with Gasteiger partial charge in [0.2, 0.25) is 5.91 Å². The van der Waals surface area contributed by atoms with E-state index in [1.54, 1.807) is 11.9 Å². The van der Waals surface area contributed by atoms with E-state index < -0.39 is 0 Å². The van der Waals surface area contributed by atoms with E-state index in [0.717, 1.165) is 25.9 Å². The highest BCUT2D eigenvalue weighted by atomic mass is 16.5. The first-order valence-corrected chi connectivity index (χ1v) is 6.39. The number of hydrogen-bond donors (Lipinski definition) is 1. The Labute approximate surface area is 106 Å². The van der Waals surface area contributed by atoms with Gasteiger partial charge in [0.05, 0.1) is 6.10 Å². The highest BCUT2D eigenvalue weighted by molar-refractivity contribution is 6.39. The Morgan fingerprint density at radius 1 is 1.50 bits per heavy atom. The first kappa shape index (κ1) is 13.0. The highest BCUT2D eigenvalue weighted by Crippen LogP contribution is 2.14. The fourth-order valence-electron chi connectivity index (χ4n) is 2.19. The van der Waals surface area contributed by atoms with Crippen molar-refractivity contribution in [1.29, 1.82) is 0 Å². The third-order valence-electron chi connectivity index (χ3n) is 3.25. The molecule has 2 amide bonds. The molecule has 1 fully saturated rings. The van der Waals surface area contributed by atoms with Crippen molar-refractivity contribution >= 4 is 17.5 Å². The van der Waals surface area contributed by atoms with Crippen LogP contribution in [0.4, 0.5) is 0 Å². The van der Waals surface area contributed by atoms with E-state index >= 15 is 0 Å². The van der Waals surface area contributed by atoms with E-state index in [9.17, 15) is 9.59 Å². The topological polar surface area (TPSA) is 71.0 Å². The summed E-state index contributed by atoms with van der Waals surface area (Å²) < 4.78 is 5.60. The van der Waals surface area contributed by atoms with E-state index in [1.807, 2.05) is 0 Å². The monoisotopic (exact) mass is 253 g/mol. The van der Waals surface area contributed by atoms with Gasteiger partial charge in [-0.2, -0.15) is 5.10 Å². The van der Waals surface area contributed by atoms with Crippen molar-refractivity contribution in [2.45, 2.75) is 38.2 Å². The summed E-state index contributed by atoms with van der Waals surface area (Å²) in [5.41, 5.74) is 2.77. The van der Waals surface area contributed by atoms with Gasteiger partial charge < -0.3 is 9.64 Å². The molecular weight excluding hydrogens is 234 g/mol. The summed E-state index contributed by atoms with van der Waals surface area (Å²) in [6.07, 6.45) is 4.14. The normalized spacial score (nSPS) is 24.2. The van der Waals surface area contributed by atoms with Crippen LogP contribution in [0.3, 0.4) is 0 Å². The molecule has 2 rings (SSSR count). The number of ether oxygens (including phenoxy) is 1. The second-order valence-corrected chi connectivity index (χ2v) is 4.77. The van der Waals surface area contributed by atoms with Gasteiger partial charge in [-0.3, -0.25) is 9.59 Å². The largest absolute Gasteiger partial charge is 0.376 e. The molecule has 6 heteroatoms. The molecule has 0 radical (unpaired) electrons. The van der Waals surface area contributed by atoms with E-state index in [0.29, 0.717) is 25.1 Å². The number of carbonyl (C=O) groups is 2. The van der Waals surface area contributed by atoms with Crippen LogP contribution in [-0.4, -0.2) is 48.7 Å². The number of carbonyl (C=O) groups excluding carboxylic acids is 2. The minimum Gasteiger partial charge on any atom is -0.376 e. The molecule has 0 aromatic carbocycles. The minimum absolute atomic E-state index is 0.121. The number of amides is 2. The highest BCUT2D eigenvalue weighted by Gasteiger charge is 2.24. The first-order valence-electron chi connectivity index (χ1n) is 6.39. The van der Waals surface area contributed by atoms with Crippen molar-refractivity contribution in [3.63, 3.8) is 0 Å². The Balaban J connectivity index is 1.86. The standard InChI is InChI=1S/C12H19N3O3/c1-15(8-9-4-2-3-7-18-9)12(17)10-5-6-11(16)14-13-10/h9H,2-8H2,1H3,(H,14,16). The summed E-state index contributed by atoms with van der Waals surface area (Å²) in [5, 5.41) is 3.81. The molecule has 1 unspecified atom stereocenters. The average Bonchev–Trinajstić information content (AvgIpc) is 2.40. The van der Waals surface area contributed by atoms with Crippen LogP contribution < -0.4 is 5.43 Å². The van der Waals surface area contributed by atoms with Gasteiger partial charge in [0.15, 0.2) is 0 Å². The molecule has 1 N–H and O–H groups in total. The lowest BCUT2D eigenvalue weighted by Gasteiger charge is -2.28. The van der Waals surface area contributed by atoms with Crippen LogP contribution in [0.1, 0.15) is 32.1 Å². The number of rotatable bonds is 3. The fourth-order valence-corrected chi connectivity index (χ4v) is 2.19. The van der Waals surface area contributed by atoms with Crippen LogP contribution in [0.15, 0.2) is 5.10 Å². The Hall–Kier alpha value is -1.43. The second-order valence-electron chi connectivity index (χ2n) is 4.77. The molecule has 0 saturated carbocycles. The summed E-state index contributed by atoms with van der Waals surface area (Å²) >= 11 is 0. The summed E-state index contributed by atoms with van der Waals surface area (Å²) in [4.78, 5) is 24.7. The summed E-state index contributed by atoms with van der Waals surface area (Å²) in [6, 6.07) is 0. The Morgan fingerprint density at radius 2 is 2.33 bits per heavy atom. The SMILES string of the molecule is CN(CC1CCCCO1)C(=O)C1=NNC(=O)CC1. The summed E-state index contributed by atoms with van der Waals surface area (Å²) in [7, 11) is 1.75. The van der Waals surface area contributed by atoms with Crippen molar-refractivity contribution in [2.75, 3.05) is 20.2 Å². The predicted molar refractivity (Wildman–Crippen MR) is 66.0 cm³/mol. The Kier molecular flexibility index (Phi) is 4.30. The van der Waals surface area contributed by atoms with Crippen LogP contribution in [0.5, 0.6) is 0 Å². The van der Waals surface area contributed by atoms with Gasteiger partial charge in [-0.25, -0.2) is 5.43 Å². The van der Waals surface area contributed by atoms with Gasteiger partial charge in [0.25, 0.3) is 5.91 Å². The maximum Gasteiger partial charge on any atom is 0.269 e. The molecule has 1 atom stereocenters. The van der Waals surface area contributed by atoms with Crippen molar-refractivity contribution < 1.29 is 14.3 Å². The average molecular weight is 253 g/mol. The number of nitrogens with one attached hydrogen (secondary N) is 1. The fraction of sp³-hybridized carbons (Fsp3) is 0.750. The molecule has 0 aromatic rings. The minimum atomic E-state index is -0.134. The predicted octanol–water partition coefficient (Wildman–Crippen LogP) is 0.280. The molecule has 100 valence electrons. The molecule has 0 spiro atoms. The quantitative estimate of drug-likeness (QED) is 0.785. The second kappa shape index (κ2) is 5.95. The van der Waals surface area contributed by atoms with Gasteiger partial charge in [-0.05, 0) is 19.3 Å². The number of hydrazone groups is 1. The lowest BCUT2D eigenvalue weighted by molar-refractivity contribution is -0.125. The van der Waals surface area contributed by atoms with Gasteiger partial charge in [0.1, 0.15) is 5.71 Å². The number of likely N-dealkylation sites (N-methyl/N-ethyl adjacent to an activating group) is 1. The molecule has 18 heavy (non-hydrogen) atoms. The third-order valence-corrected chi connectivity index (χ3v) is 3.25. The molecule has 0 aliphatic carbocycles. The van der Waals surface area contributed by atoms with Gasteiger partial charge in [-0.1, -0.05) is 0 Å². The third kappa shape index (κ3) is 3.29. The van der Waals surface area contributed by atoms with E-state index in [-0.39, 0.29) is 17.9 Å². The maximum absolute atomic E-state index is 12.1. The van der Waals surface area contributed by atoms with Crippen molar-refractivity contribution in [3.05, 3.63) is 0 Å². The van der Waals surface area contributed by atoms with Gasteiger partial charge in [0, 0.05) is 33.0 Å². The van der Waals surface area contributed by atoms with Crippen molar-refractivity contribution in [3.8, 4) is 0 Å². The zero-order chi connectivity index (χ0) is 13.0. The number of nitrogens with zero attached hydrogens (tertiary/aromatic N) is 2. The lowest BCUT2D eigenvalue weighted by atomic mass is 10.1. The van der Waals surface area contributed by atoms with Gasteiger partial charge in [-0.15, -0.1) is 0 Å². The van der Waals surface area contributed by atoms with Crippen LogP contribution in [-0.2, 0) is 14.3 Å². The van der Waals surface area contributed by atoms with Crippen molar-refractivity contribution in [2.24, 2.45) is 5.10 Å². The van der Waals surface area contributed by atoms with Gasteiger partial charge >= 0.3 is 0 Å². The Morgan fingerprint density at radius 3 is 2.94 bits per heavy atom. The first-order chi connectivity index (χ1) is 8.66. The molecule has 0 aromatic heterocycles. The summed E-state index contributed by atoms with van der Waals surface area (Å²) in [6.45, 7) is 1.37. The summed E-state index contributed by atoms with van der Waals surface area (Å²) in [5.74, 6) is -0.256. The molecule has 1 saturated heterocycles. The zero-order valence-electron chi connectivity index (χ0n) is 10.6. The molecule has 0 bridgehead atoms. The van der Waals surface area contributed by atoms with Crippen LogP contribution in [0, 0.1) is 0 Å². The van der Waals surface area contributed by atoms with E-state index in [4.69, 9.17) is 4.74 Å². The molecular formula is C12H19N3O3. The van der Waals surface area contributed by atoms with E-state index in [1.165, 1.54) is 0 Å². The maximum atomic E-state index is 12.1. The van der Waals surface area contributed by atoms with Crippen LogP contribution >= 0.6 is 0 Å². The molecule has 2 aliphatic rings. The smallest absolute Gasteiger partial charge is 0.269 e.